The van der Waals surface area contributed by atoms with Gasteiger partial charge in [-0.2, -0.15) is 5.10 Å². The van der Waals surface area contributed by atoms with Crippen molar-refractivity contribution in [3.63, 3.8) is 0 Å². The van der Waals surface area contributed by atoms with E-state index >= 15 is 0 Å². The van der Waals surface area contributed by atoms with Crippen molar-refractivity contribution in [2.45, 2.75) is 44.7 Å². The van der Waals surface area contributed by atoms with Gasteiger partial charge in [0, 0.05) is 11.8 Å². The predicted octanol–water partition coefficient (Wildman–Crippen LogP) is 1.54. The molecule has 1 amide bonds. The first kappa shape index (κ1) is 15.0. The van der Waals surface area contributed by atoms with E-state index in [1.54, 1.807) is 6.20 Å². The van der Waals surface area contributed by atoms with Crippen molar-refractivity contribution in [2.75, 3.05) is 6.54 Å². The van der Waals surface area contributed by atoms with Crippen LogP contribution >= 0.6 is 12.4 Å². The van der Waals surface area contributed by atoms with Crippen LogP contribution in [0.4, 0.5) is 0 Å². The summed E-state index contributed by atoms with van der Waals surface area (Å²) < 4.78 is 0. The number of amides is 1. The highest BCUT2D eigenvalue weighted by molar-refractivity contribution is 5.86. The first-order chi connectivity index (χ1) is 8.12. The van der Waals surface area contributed by atoms with Gasteiger partial charge >= 0.3 is 0 Å². The molecule has 1 saturated heterocycles. The Bertz CT molecular complexity index is 373. The summed E-state index contributed by atoms with van der Waals surface area (Å²) in [6.45, 7) is 4.86. The zero-order valence-corrected chi connectivity index (χ0v) is 11.6. The second-order valence-corrected chi connectivity index (χ2v) is 4.94. The molecule has 0 bridgehead atoms. The monoisotopic (exact) mass is 272 g/mol. The molecule has 1 aromatic heterocycles. The van der Waals surface area contributed by atoms with Gasteiger partial charge in [0.2, 0.25) is 5.91 Å². The Morgan fingerprint density at radius 3 is 2.89 bits per heavy atom. The van der Waals surface area contributed by atoms with Gasteiger partial charge in [0.1, 0.15) is 0 Å². The second kappa shape index (κ2) is 6.20. The zero-order valence-electron chi connectivity index (χ0n) is 10.8. The Morgan fingerprint density at radius 2 is 2.33 bits per heavy atom. The maximum absolute atomic E-state index is 12.2. The molecular weight excluding hydrogens is 252 g/mol. The fourth-order valence-electron chi connectivity index (χ4n) is 2.19. The van der Waals surface area contributed by atoms with Gasteiger partial charge < -0.3 is 10.6 Å². The van der Waals surface area contributed by atoms with Crippen LogP contribution in [0.1, 0.15) is 44.7 Å². The van der Waals surface area contributed by atoms with E-state index in [1.165, 1.54) is 0 Å². The average Bonchev–Trinajstić information content (AvgIpc) is 2.83. The molecule has 2 rings (SSSR count). The summed E-state index contributed by atoms with van der Waals surface area (Å²) in [7, 11) is 0. The van der Waals surface area contributed by atoms with E-state index in [9.17, 15) is 4.79 Å². The lowest BCUT2D eigenvalue weighted by Gasteiger charge is -2.34. The van der Waals surface area contributed by atoms with Crippen LogP contribution in [0.5, 0.6) is 0 Å². The lowest BCUT2D eigenvalue weighted by Crippen LogP contribution is -2.57. The van der Waals surface area contributed by atoms with Crippen molar-refractivity contribution < 1.29 is 4.79 Å². The van der Waals surface area contributed by atoms with Crippen LogP contribution in [-0.2, 0) is 4.79 Å². The summed E-state index contributed by atoms with van der Waals surface area (Å²) in [4.78, 5) is 12.2. The maximum Gasteiger partial charge on any atom is 0.240 e. The minimum absolute atomic E-state index is 0. The van der Waals surface area contributed by atoms with Gasteiger partial charge in [-0.1, -0.05) is 0 Å². The molecule has 0 aromatic carbocycles. The van der Waals surface area contributed by atoms with Gasteiger partial charge in [0.25, 0.3) is 0 Å². The number of carbonyl (C=O) groups excluding carboxylic acids is 1. The van der Waals surface area contributed by atoms with Crippen LogP contribution in [0.2, 0.25) is 0 Å². The minimum Gasteiger partial charge on any atom is -0.348 e. The quantitative estimate of drug-likeness (QED) is 0.782. The minimum atomic E-state index is -0.420. The third-order valence-corrected chi connectivity index (χ3v) is 3.49. The molecule has 3 N–H and O–H groups in total. The standard InChI is InChI=1S/C12H20N4O.ClH/c1-9(10-7-14-15-8-10)16-11(17)12(2)5-3-4-6-13-12;/h7-9,13H,3-6H2,1-2H3,(H,14,15)(H,16,17);1H. The van der Waals surface area contributed by atoms with Crippen molar-refractivity contribution in [2.24, 2.45) is 0 Å². The SMILES string of the molecule is CC(NC(=O)C1(C)CCCCN1)c1cn[nH]c1.Cl. The van der Waals surface area contributed by atoms with E-state index in [0.29, 0.717) is 0 Å². The van der Waals surface area contributed by atoms with Gasteiger partial charge in [-0.25, -0.2) is 0 Å². The van der Waals surface area contributed by atoms with E-state index in [4.69, 9.17) is 0 Å². The van der Waals surface area contributed by atoms with Gasteiger partial charge in [0.15, 0.2) is 0 Å². The van der Waals surface area contributed by atoms with Crippen LogP contribution in [0, 0.1) is 0 Å². The zero-order chi connectivity index (χ0) is 12.3. The van der Waals surface area contributed by atoms with Crippen molar-refractivity contribution in [3.8, 4) is 0 Å². The number of H-pyrrole nitrogens is 1. The van der Waals surface area contributed by atoms with Crippen LogP contribution in [0.3, 0.4) is 0 Å². The lowest BCUT2D eigenvalue weighted by molar-refractivity contribution is -0.128. The number of hydrogen-bond acceptors (Lipinski definition) is 3. The molecule has 0 spiro atoms. The van der Waals surface area contributed by atoms with Crippen LogP contribution in [-0.4, -0.2) is 28.2 Å². The van der Waals surface area contributed by atoms with E-state index in [2.05, 4.69) is 20.8 Å². The first-order valence-electron chi connectivity index (χ1n) is 6.16. The molecule has 1 aliphatic heterocycles. The number of rotatable bonds is 3. The summed E-state index contributed by atoms with van der Waals surface area (Å²) in [5.41, 5.74) is 0.578. The van der Waals surface area contributed by atoms with Crippen LogP contribution < -0.4 is 10.6 Å². The number of carbonyl (C=O) groups is 1. The Morgan fingerprint density at radius 1 is 1.56 bits per heavy atom. The Hall–Kier alpha value is -1.07. The highest BCUT2D eigenvalue weighted by atomic mass is 35.5. The molecule has 2 unspecified atom stereocenters. The lowest BCUT2D eigenvalue weighted by atomic mass is 9.89. The highest BCUT2D eigenvalue weighted by Crippen LogP contribution is 2.20. The van der Waals surface area contributed by atoms with Crippen molar-refractivity contribution in [1.82, 2.24) is 20.8 Å². The van der Waals surface area contributed by atoms with Gasteiger partial charge in [-0.15, -0.1) is 12.4 Å². The molecule has 1 fully saturated rings. The fraction of sp³-hybridized carbons (Fsp3) is 0.667. The highest BCUT2D eigenvalue weighted by Gasteiger charge is 2.34. The van der Waals surface area contributed by atoms with Crippen molar-refractivity contribution in [1.29, 1.82) is 0 Å². The van der Waals surface area contributed by atoms with Crippen molar-refractivity contribution in [3.05, 3.63) is 18.0 Å². The largest absolute Gasteiger partial charge is 0.348 e. The fourth-order valence-corrected chi connectivity index (χ4v) is 2.19. The molecule has 6 heteroatoms. The number of nitrogens with one attached hydrogen (secondary N) is 3. The summed E-state index contributed by atoms with van der Waals surface area (Å²) in [5, 5.41) is 13.0. The molecule has 2 heterocycles. The first-order valence-corrected chi connectivity index (χ1v) is 6.16. The van der Waals surface area contributed by atoms with E-state index in [0.717, 1.165) is 31.4 Å². The van der Waals surface area contributed by atoms with Crippen LogP contribution in [0.15, 0.2) is 12.4 Å². The van der Waals surface area contributed by atoms with Crippen LogP contribution in [0.25, 0.3) is 0 Å². The summed E-state index contributed by atoms with van der Waals surface area (Å²) in [6.07, 6.45) is 6.71. The Kier molecular flexibility index (Phi) is 5.16. The topological polar surface area (TPSA) is 69.8 Å². The molecule has 0 saturated carbocycles. The molecule has 1 aliphatic rings. The van der Waals surface area contributed by atoms with Gasteiger partial charge in [0.05, 0.1) is 17.8 Å². The predicted molar refractivity (Wildman–Crippen MR) is 72.7 cm³/mol. The van der Waals surface area contributed by atoms with E-state index < -0.39 is 5.54 Å². The molecule has 0 radical (unpaired) electrons. The number of aromatic nitrogens is 2. The molecule has 2 atom stereocenters. The number of aromatic amines is 1. The third kappa shape index (κ3) is 3.23. The smallest absolute Gasteiger partial charge is 0.240 e. The Labute approximate surface area is 114 Å². The molecule has 18 heavy (non-hydrogen) atoms. The molecular formula is C12H21ClN4O. The summed E-state index contributed by atoms with van der Waals surface area (Å²) in [6, 6.07) is -0.0122. The number of halogens is 1. The summed E-state index contributed by atoms with van der Waals surface area (Å²) in [5.74, 6) is 0.0749. The maximum atomic E-state index is 12.2. The summed E-state index contributed by atoms with van der Waals surface area (Å²) >= 11 is 0. The molecule has 1 aromatic rings. The molecule has 0 aliphatic carbocycles. The van der Waals surface area contributed by atoms with E-state index in [1.807, 2.05) is 20.0 Å². The number of nitrogens with zero attached hydrogens (tertiary/aromatic N) is 1. The van der Waals surface area contributed by atoms with E-state index in [-0.39, 0.29) is 24.4 Å². The molecule has 5 nitrogen and oxygen atoms in total. The number of hydrogen-bond donors (Lipinski definition) is 3. The second-order valence-electron chi connectivity index (χ2n) is 4.94. The third-order valence-electron chi connectivity index (χ3n) is 3.49. The number of piperidine rings is 1. The van der Waals surface area contributed by atoms with Gasteiger partial charge in [-0.05, 0) is 39.7 Å². The van der Waals surface area contributed by atoms with Crippen molar-refractivity contribution >= 4 is 18.3 Å². The van der Waals surface area contributed by atoms with Gasteiger partial charge in [-0.3, -0.25) is 9.89 Å². The normalized spacial score (nSPS) is 25.0. The molecule has 102 valence electrons. The Balaban J connectivity index is 0.00000162. The average molecular weight is 273 g/mol.